The van der Waals surface area contributed by atoms with Crippen molar-refractivity contribution in [1.29, 1.82) is 0 Å². The molecule has 0 bridgehead atoms. The number of nitrogens with two attached hydrogens (primary N) is 1. The highest BCUT2D eigenvalue weighted by atomic mass is 79.9. The molecule has 0 aliphatic heterocycles. The van der Waals surface area contributed by atoms with Crippen molar-refractivity contribution < 1.29 is 9.90 Å². The van der Waals surface area contributed by atoms with Crippen LogP contribution in [0.1, 0.15) is 18.5 Å². The molecular formula is C10H13BrClNO2. The molecule has 0 aliphatic rings. The lowest BCUT2D eigenvalue weighted by molar-refractivity contribution is -0.141. The first-order chi connectivity index (χ1) is 6.52. The number of carboxylic acid groups (broad SMARTS) is 1. The van der Waals surface area contributed by atoms with Crippen molar-refractivity contribution in [2.45, 2.75) is 13.0 Å². The summed E-state index contributed by atoms with van der Waals surface area (Å²) in [6, 6.07) is 6.90. The quantitative estimate of drug-likeness (QED) is 0.900. The lowest BCUT2D eigenvalue weighted by Crippen LogP contribution is -2.25. The van der Waals surface area contributed by atoms with E-state index in [2.05, 4.69) is 15.9 Å². The summed E-state index contributed by atoms with van der Waals surface area (Å²) >= 11 is 3.30. The van der Waals surface area contributed by atoms with Gasteiger partial charge in [-0.05, 0) is 17.7 Å². The van der Waals surface area contributed by atoms with E-state index in [0.717, 1.165) is 10.0 Å². The molecule has 1 aromatic carbocycles. The second kappa shape index (κ2) is 6.10. The molecule has 0 saturated heterocycles. The maximum absolute atomic E-state index is 10.7. The third kappa shape index (κ3) is 3.81. The van der Waals surface area contributed by atoms with Gasteiger partial charge in [-0.3, -0.25) is 4.79 Å². The van der Waals surface area contributed by atoms with E-state index in [1.807, 2.05) is 24.3 Å². The third-order valence-corrected chi connectivity index (χ3v) is 2.71. The van der Waals surface area contributed by atoms with Crippen LogP contribution in [0, 0.1) is 5.92 Å². The minimum atomic E-state index is -0.875. The smallest absolute Gasteiger partial charge is 0.308 e. The highest BCUT2D eigenvalue weighted by molar-refractivity contribution is 9.10. The lowest BCUT2D eigenvalue weighted by atomic mass is 9.96. The van der Waals surface area contributed by atoms with E-state index >= 15 is 0 Å². The van der Waals surface area contributed by atoms with E-state index < -0.39 is 17.9 Å². The van der Waals surface area contributed by atoms with Crippen molar-refractivity contribution in [3.63, 3.8) is 0 Å². The average molecular weight is 295 g/mol. The Hall–Kier alpha value is -0.580. The molecule has 84 valence electrons. The molecule has 2 atom stereocenters. The fraction of sp³-hybridized carbons (Fsp3) is 0.300. The number of benzene rings is 1. The van der Waals surface area contributed by atoms with Crippen LogP contribution in [0.4, 0.5) is 0 Å². The average Bonchev–Trinajstić information content (AvgIpc) is 2.16. The summed E-state index contributed by atoms with van der Waals surface area (Å²) in [5, 5.41) is 8.78. The lowest BCUT2D eigenvalue weighted by Gasteiger charge is -2.16. The molecule has 3 nitrogen and oxygen atoms in total. The van der Waals surface area contributed by atoms with Gasteiger partial charge in [0.25, 0.3) is 0 Å². The van der Waals surface area contributed by atoms with Crippen LogP contribution in [0.3, 0.4) is 0 Å². The van der Waals surface area contributed by atoms with Gasteiger partial charge < -0.3 is 10.8 Å². The largest absolute Gasteiger partial charge is 0.481 e. The second-order valence-corrected chi connectivity index (χ2v) is 4.12. The van der Waals surface area contributed by atoms with Crippen molar-refractivity contribution in [3.05, 3.63) is 34.3 Å². The molecule has 0 fully saturated rings. The van der Waals surface area contributed by atoms with Gasteiger partial charge in [0.1, 0.15) is 0 Å². The number of rotatable bonds is 3. The maximum atomic E-state index is 10.7. The first-order valence-corrected chi connectivity index (χ1v) is 5.05. The predicted molar refractivity (Wildman–Crippen MR) is 65.1 cm³/mol. The van der Waals surface area contributed by atoms with E-state index in [1.165, 1.54) is 0 Å². The van der Waals surface area contributed by atoms with Crippen molar-refractivity contribution in [1.82, 2.24) is 0 Å². The highest BCUT2D eigenvalue weighted by Crippen LogP contribution is 2.21. The zero-order valence-electron chi connectivity index (χ0n) is 8.18. The molecule has 3 N–H and O–H groups in total. The molecule has 0 saturated carbocycles. The van der Waals surface area contributed by atoms with Gasteiger partial charge in [0.15, 0.2) is 0 Å². The number of carboxylic acids is 1. The second-order valence-electron chi connectivity index (χ2n) is 3.20. The van der Waals surface area contributed by atoms with Crippen LogP contribution < -0.4 is 5.73 Å². The standard InChI is InChI=1S/C10H12BrNO2.ClH/c1-6(10(13)14)9(12)7-2-4-8(11)5-3-7;/h2-6,9H,12H2,1H3,(H,13,14);1H. The minimum Gasteiger partial charge on any atom is -0.481 e. The van der Waals surface area contributed by atoms with Crippen molar-refractivity contribution >= 4 is 34.3 Å². The van der Waals surface area contributed by atoms with Crippen LogP contribution in [0.15, 0.2) is 28.7 Å². The normalized spacial score (nSPS) is 13.8. The third-order valence-electron chi connectivity index (χ3n) is 2.18. The molecule has 1 aromatic rings. The monoisotopic (exact) mass is 293 g/mol. The van der Waals surface area contributed by atoms with Gasteiger partial charge >= 0.3 is 5.97 Å². The molecule has 0 amide bonds. The number of hydrogen-bond donors (Lipinski definition) is 2. The molecule has 1 rings (SSSR count). The predicted octanol–water partition coefficient (Wildman–Crippen LogP) is 2.59. The summed E-state index contributed by atoms with van der Waals surface area (Å²) in [5.74, 6) is -1.45. The number of aliphatic carboxylic acids is 1. The number of carbonyl (C=O) groups is 1. The molecule has 0 radical (unpaired) electrons. The summed E-state index contributed by atoms with van der Waals surface area (Å²) in [6.07, 6.45) is 0. The van der Waals surface area contributed by atoms with Gasteiger partial charge in [0.05, 0.1) is 5.92 Å². The van der Waals surface area contributed by atoms with Crippen LogP contribution in [0.5, 0.6) is 0 Å². The summed E-state index contributed by atoms with van der Waals surface area (Å²) in [5.41, 5.74) is 6.63. The first kappa shape index (κ1) is 14.4. The first-order valence-electron chi connectivity index (χ1n) is 4.26. The van der Waals surface area contributed by atoms with Crippen LogP contribution in [0.25, 0.3) is 0 Å². The Morgan fingerprint density at radius 1 is 1.40 bits per heavy atom. The fourth-order valence-electron chi connectivity index (χ4n) is 1.13. The Morgan fingerprint density at radius 3 is 2.27 bits per heavy atom. The van der Waals surface area contributed by atoms with Crippen LogP contribution in [0.2, 0.25) is 0 Å². The summed E-state index contributed by atoms with van der Waals surface area (Å²) < 4.78 is 0.955. The van der Waals surface area contributed by atoms with Crippen LogP contribution in [-0.4, -0.2) is 11.1 Å². The van der Waals surface area contributed by atoms with E-state index in [4.69, 9.17) is 10.8 Å². The molecule has 15 heavy (non-hydrogen) atoms. The Morgan fingerprint density at radius 2 is 1.87 bits per heavy atom. The van der Waals surface area contributed by atoms with Crippen molar-refractivity contribution in [2.75, 3.05) is 0 Å². The topological polar surface area (TPSA) is 63.3 Å². The number of hydrogen-bond acceptors (Lipinski definition) is 2. The Labute approximate surface area is 103 Å². The Bertz CT molecular complexity index is 329. The Kier molecular flexibility index (Phi) is 5.87. The van der Waals surface area contributed by atoms with Gasteiger partial charge in [0, 0.05) is 10.5 Å². The zero-order valence-corrected chi connectivity index (χ0v) is 10.6. The maximum Gasteiger partial charge on any atom is 0.308 e. The van der Waals surface area contributed by atoms with E-state index in [-0.39, 0.29) is 12.4 Å². The molecule has 5 heteroatoms. The molecule has 0 spiro atoms. The SMILES string of the molecule is CC(C(=O)O)C(N)c1ccc(Br)cc1.Cl. The van der Waals surface area contributed by atoms with E-state index in [1.54, 1.807) is 6.92 Å². The Balaban J connectivity index is 0.00000196. The van der Waals surface area contributed by atoms with E-state index in [0.29, 0.717) is 0 Å². The van der Waals surface area contributed by atoms with Crippen LogP contribution in [-0.2, 0) is 4.79 Å². The summed E-state index contributed by atoms with van der Waals surface area (Å²) in [7, 11) is 0. The minimum absolute atomic E-state index is 0. The zero-order chi connectivity index (χ0) is 10.7. The van der Waals surface area contributed by atoms with Gasteiger partial charge in [0.2, 0.25) is 0 Å². The van der Waals surface area contributed by atoms with Gasteiger partial charge in [-0.2, -0.15) is 0 Å². The molecule has 2 unspecified atom stereocenters. The van der Waals surface area contributed by atoms with Gasteiger partial charge in [-0.15, -0.1) is 12.4 Å². The summed E-state index contributed by atoms with van der Waals surface area (Å²) in [4.78, 5) is 10.7. The summed E-state index contributed by atoms with van der Waals surface area (Å²) in [6.45, 7) is 1.61. The fourth-order valence-corrected chi connectivity index (χ4v) is 1.39. The highest BCUT2D eigenvalue weighted by Gasteiger charge is 2.20. The molecule has 0 heterocycles. The molecule has 0 aliphatic carbocycles. The molecular weight excluding hydrogens is 281 g/mol. The van der Waals surface area contributed by atoms with Crippen LogP contribution >= 0.6 is 28.3 Å². The van der Waals surface area contributed by atoms with Gasteiger partial charge in [-0.1, -0.05) is 35.0 Å². The van der Waals surface area contributed by atoms with E-state index in [9.17, 15) is 4.79 Å². The molecule has 0 aromatic heterocycles. The number of halogens is 2. The van der Waals surface area contributed by atoms with Gasteiger partial charge in [-0.25, -0.2) is 0 Å². The van der Waals surface area contributed by atoms with Crippen molar-refractivity contribution in [2.24, 2.45) is 11.7 Å². The van der Waals surface area contributed by atoms with Crippen molar-refractivity contribution in [3.8, 4) is 0 Å².